The molecule has 1 heterocycles. The molecule has 1 aliphatic heterocycles. The molecule has 0 saturated carbocycles. The number of rotatable bonds is 4. The van der Waals surface area contributed by atoms with Crippen molar-refractivity contribution in [3.63, 3.8) is 0 Å². The van der Waals surface area contributed by atoms with Gasteiger partial charge in [0.25, 0.3) is 0 Å². The van der Waals surface area contributed by atoms with Gasteiger partial charge in [-0.15, -0.1) is 0 Å². The number of ether oxygens (including phenoxy) is 1. The average Bonchev–Trinajstić information content (AvgIpc) is 2.78. The zero-order valence-corrected chi connectivity index (χ0v) is 12.0. The number of hydrogen-bond acceptors (Lipinski definition) is 4. The van der Waals surface area contributed by atoms with Crippen molar-refractivity contribution in [2.24, 2.45) is 0 Å². The van der Waals surface area contributed by atoms with Gasteiger partial charge in [-0.2, -0.15) is 0 Å². The number of hydrogen-bond donors (Lipinski definition) is 2. The highest BCUT2D eigenvalue weighted by molar-refractivity contribution is 7.89. The van der Waals surface area contributed by atoms with Crippen LogP contribution < -0.4 is 4.72 Å². The summed E-state index contributed by atoms with van der Waals surface area (Å²) >= 11 is 0. The molecule has 1 aliphatic rings. The maximum atomic E-state index is 12.2. The first-order chi connectivity index (χ1) is 8.82. The molecule has 106 valence electrons. The van der Waals surface area contributed by atoms with Crippen LogP contribution in [0.5, 0.6) is 0 Å². The van der Waals surface area contributed by atoms with Crippen LogP contribution in [-0.2, 0) is 14.8 Å². The van der Waals surface area contributed by atoms with Gasteiger partial charge in [0.05, 0.1) is 11.5 Å². The van der Waals surface area contributed by atoms with Crippen molar-refractivity contribution in [2.75, 3.05) is 19.8 Å². The van der Waals surface area contributed by atoms with Gasteiger partial charge in [-0.25, -0.2) is 13.1 Å². The van der Waals surface area contributed by atoms with Gasteiger partial charge in [-0.3, -0.25) is 0 Å². The highest BCUT2D eigenvalue weighted by Crippen LogP contribution is 2.20. The van der Waals surface area contributed by atoms with E-state index in [1.165, 1.54) is 0 Å². The van der Waals surface area contributed by atoms with Crippen molar-refractivity contribution in [1.82, 2.24) is 4.72 Å². The highest BCUT2D eigenvalue weighted by atomic mass is 32.2. The molecular formula is C13H19NO4S. The summed E-state index contributed by atoms with van der Waals surface area (Å²) in [7, 11) is -3.60. The third-order valence-corrected chi connectivity index (χ3v) is 4.85. The molecule has 1 fully saturated rings. The predicted molar refractivity (Wildman–Crippen MR) is 71.5 cm³/mol. The molecule has 6 heteroatoms. The first-order valence-corrected chi connectivity index (χ1v) is 7.68. The molecule has 0 aliphatic carbocycles. The monoisotopic (exact) mass is 285 g/mol. The van der Waals surface area contributed by atoms with E-state index in [1.807, 2.05) is 13.0 Å². The van der Waals surface area contributed by atoms with E-state index in [2.05, 4.69) is 4.72 Å². The Bertz CT molecular complexity index is 562. The fourth-order valence-electron chi connectivity index (χ4n) is 2.04. The molecule has 0 aromatic heterocycles. The van der Waals surface area contributed by atoms with E-state index in [-0.39, 0.29) is 18.0 Å². The zero-order valence-electron chi connectivity index (χ0n) is 11.1. The van der Waals surface area contributed by atoms with Crippen LogP contribution in [0, 0.1) is 13.8 Å². The van der Waals surface area contributed by atoms with E-state index in [0.29, 0.717) is 18.6 Å². The maximum Gasteiger partial charge on any atom is 0.240 e. The first-order valence-electron chi connectivity index (χ1n) is 6.19. The SMILES string of the molecule is Cc1ccc(C)c(S(=O)(=O)NCC2(O)CCOC2)c1. The second-order valence-corrected chi connectivity index (χ2v) is 6.86. The Kier molecular flexibility index (Phi) is 3.96. The summed E-state index contributed by atoms with van der Waals surface area (Å²) in [4.78, 5) is 0.259. The first kappa shape index (κ1) is 14.5. The van der Waals surface area contributed by atoms with Gasteiger partial charge in [0.1, 0.15) is 5.60 Å². The predicted octanol–water partition coefficient (Wildman–Crippen LogP) is 0.733. The Morgan fingerprint density at radius 1 is 1.42 bits per heavy atom. The molecular weight excluding hydrogens is 266 g/mol. The Morgan fingerprint density at radius 3 is 2.79 bits per heavy atom. The maximum absolute atomic E-state index is 12.2. The van der Waals surface area contributed by atoms with Crippen molar-refractivity contribution in [2.45, 2.75) is 30.8 Å². The molecule has 0 amide bonds. The Morgan fingerprint density at radius 2 is 2.16 bits per heavy atom. The zero-order chi connectivity index (χ0) is 14.1. The van der Waals surface area contributed by atoms with Crippen molar-refractivity contribution < 1.29 is 18.3 Å². The molecule has 0 radical (unpaired) electrons. The summed E-state index contributed by atoms with van der Waals surface area (Å²) in [5, 5.41) is 10.1. The van der Waals surface area contributed by atoms with Crippen LogP contribution in [0.15, 0.2) is 23.1 Å². The third-order valence-electron chi connectivity index (χ3n) is 3.31. The van der Waals surface area contributed by atoms with Gasteiger partial charge in [0.2, 0.25) is 10.0 Å². The lowest BCUT2D eigenvalue weighted by atomic mass is 10.1. The summed E-state index contributed by atoms with van der Waals surface area (Å²) in [6.45, 7) is 4.20. The summed E-state index contributed by atoms with van der Waals surface area (Å²) in [5.74, 6) is 0. The van der Waals surface area contributed by atoms with Crippen LogP contribution >= 0.6 is 0 Å². The van der Waals surface area contributed by atoms with Crippen LogP contribution in [0.4, 0.5) is 0 Å². The van der Waals surface area contributed by atoms with E-state index in [1.54, 1.807) is 19.1 Å². The second kappa shape index (κ2) is 5.20. The van der Waals surface area contributed by atoms with Gasteiger partial charge in [-0.05, 0) is 31.0 Å². The Hall–Kier alpha value is -0.950. The van der Waals surface area contributed by atoms with Gasteiger partial charge < -0.3 is 9.84 Å². The van der Waals surface area contributed by atoms with E-state index in [0.717, 1.165) is 5.56 Å². The van der Waals surface area contributed by atoms with Gasteiger partial charge in [0, 0.05) is 19.6 Å². The number of aryl methyl sites for hydroxylation is 2. The molecule has 1 aromatic carbocycles. The van der Waals surface area contributed by atoms with E-state index < -0.39 is 15.6 Å². The molecule has 2 rings (SSSR count). The minimum absolute atomic E-state index is 0.0251. The van der Waals surface area contributed by atoms with Gasteiger partial charge in [0.15, 0.2) is 0 Å². The van der Waals surface area contributed by atoms with Crippen LogP contribution in [0.25, 0.3) is 0 Å². The number of sulfonamides is 1. The van der Waals surface area contributed by atoms with Crippen LogP contribution in [-0.4, -0.2) is 38.9 Å². The lowest BCUT2D eigenvalue weighted by molar-refractivity contribution is 0.0314. The molecule has 1 atom stereocenters. The van der Waals surface area contributed by atoms with E-state index >= 15 is 0 Å². The number of aliphatic hydroxyl groups is 1. The van der Waals surface area contributed by atoms with E-state index in [4.69, 9.17) is 4.74 Å². The summed E-state index contributed by atoms with van der Waals surface area (Å²) in [5.41, 5.74) is 0.479. The minimum Gasteiger partial charge on any atom is -0.386 e. The molecule has 5 nitrogen and oxygen atoms in total. The van der Waals surface area contributed by atoms with Crippen molar-refractivity contribution in [3.8, 4) is 0 Å². The summed E-state index contributed by atoms with van der Waals surface area (Å²) < 4.78 is 32.0. The summed E-state index contributed by atoms with van der Waals surface area (Å²) in [6, 6.07) is 5.27. The molecule has 1 aromatic rings. The third kappa shape index (κ3) is 3.33. The van der Waals surface area contributed by atoms with Gasteiger partial charge >= 0.3 is 0 Å². The van der Waals surface area contributed by atoms with Crippen LogP contribution in [0.2, 0.25) is 0 Å². The van der Waals surface area contributed by atoms with E-state index in [9.17, 15) is 13.5 Å². The number of nitrogens with one attached hydrogen (secondary N) is 1. The standard InChI is InChI=1S/C13H19NO4S/c1-10-3-4-11(2)12(7-10)19(16,17)14-8-13(15)5-6-18-9-13/h3-4,7,14-15H,5-6,8-9H2,1-2H3. The Labute approximate surface area is 113 Å². The molecule has 19 heavy (non-hydrogen) atoms. The molecule has 1 unspecified atom stereocenters. The van der Waals surface area contributed by atoms with Crippen LogP contribution in [0.1, 0.15) is 17.5 Å². The quantitative estimate of drug-likeness (QED) is 0.855. The normalized spacial score (nSPS) is 23.7. The lowest BCUT2D eigenvalue weighted by Crippen LogP contribution is -2.43. The second-order valence-electron chi connectivity index (χ2n) is 5.12. The molecule has 2 N–H and O–H groups in total. The summed E-state index contributed by atoms with van der Waals surface area (Å²) in [6.07, 6.45) is 0.447. The fourth-order valence-corrected chi connectivity index (χ4v) is 3.49. The Balaban J connectivity index is 2.16. The average molecular weight is 285 g/mol. The topological polar surface area (TPSA) is 75.6 Å². The highest BCUT2D eigenvalue weighted by Gasteiger charge is 2.33. The van der Waals surface area contributed by atoms with Crippen LogP contribution in [0.3, 0.4) is 0 Å². The number of benzene rings is 1. The molecule has 0 spiro atoms. The van der Waals surface area contributed by atoms with Crippen molar-refractivity contribution in [3.05, 3.63) is 29.3 Å². The largest absolute Gasteiger partial charge is 0.386 e. The van der Waals surface area contributed by atoms with Gasteiger partial charge in [-0.1, -0.05) is 12.1 Å². The fraction of sp³-hybridized carbons (Fsp3) is 0.538. The van der Waals surface area contributed by atoms with Crippen molar-refractivity contribution >= 4 is 10.0 Å². The molecule has 1 saturated heterocycles. The van der Waals surface area contributed by atoms with Crippen molar-refractivity contribution in [1.29, 1.82) is 0 Å². The minimum atomic E-state index is -3.60. The smallest absolute Gasteiger partial charge is 0.240 e. The molecule has 0 bridgehead atoms. The lowest BCUT2D eigenvalue weighted by Gasteiger charge is -2.21.